The van der Waals surface area contributed by atoms with Crippen LogP contribution in [0.3, 0.4) is 0 Å². The number of amides is 1. The molecule has 0 bridgehead atoms. The Morgan fingerprint density at radius 2 is 1.85 bits per heavy atom. The van der Waals surface area contributed by atoms with E-state index in [1.54, 1.807) is 11.8 Å². The molecule has 0 atom stereocenters. The van der Waals surface area contributed by atoms with E-state index in [9.17, 15) is 13.2 Å². The molecule has 0 saturated heterocycles. The molecule has 0 unspecified atom stereocenters. The van der Waals surface area contributed by atoms with Crippen molar-refractivity contribution in [1.29, 1.82) is 0 Å². The zero-order valence-electron chi connectivity index (χ0n) is 11.0. The fraction of sp³-hybridized carbons (Fsp3) is 0.462. The lowest BCUT2D eigenvalue weighted by Crippen LogP contribution is -2.16. The Hall–Kier alpha value is -1.05. The van der Waals surface area contributed by atoms with Crippen LogP contribution in [0.4, 0.5) is 5.69 Å². The Labute approximate surface area is 123 Å². The van der Waals surface area contributed by atoms with Gasteiger partial charge in [0, 0.05) is 10.9 Å². The molecule has 1 aromatic rings. The van der Waals surface area contributed by atoms with Crippen LogP contribution in [0.5, 0.6) is 0 Å². The summed E-state index contributed by atoms with van der Waals surface area (Å²) in [6, 6.07) is 5.85. The molecule has 2 rings (SSSR count). The van der Waals surface area contributed by atoms with Gasteiger partial charge in [-0.2, -0.15) is 0 Å². The Morgan fingerprint density at radius 3 is 2.40 bits per heavy atom. The van der Waals surface area contributed by atoms with E-state index in [0.29, 0.717) is 16.7 Å². The first-order valence-corrected chi connectivity index (χ1v) is 9.09. The van der Waals surface area contributed by atoms with Crippen LogP contribution in [-0.4, -0.2) is 25.3 Å². The van der Waals surface area contributed by atoms with Gasteiger partial charge in [-0.05, 0) is 37.1 Å². The second-order valence-electron chi connectivity index (χ2n) is 4.84. The molecule has 0 heterocycles. The molecule has 7 heteroatoms. The summed E-state index contributed by atoms with van der Waals surface area (Å²) in [5.74, 6) is 0.368. The van der Waals surface area contributed by atoms with Gasteiger partial charge in [0.1, 0.15) is 0 Å². The van der Waals surface area contributed by atoms with Crippen LogP contribution in [0.15, 0.2) is 29.2 Å². The second-order valence-corrected chi connectivity index (χ2v) is 7.69. The molecule has 1 aliphatic rings. The van der Waals surface area contributed by atoms with Gasteiger partial charge in [0.15, 0.2) is 0 Å². The minimum atomic E-state index is -3.69. The van der Waals surface area contributed by atoms with E-state index >= 15 is 0 Å². The van der Waals surface area contributed by atoms with E-state index in [2.05, 4.69) is 5.32 Å². The summed E-state index contributed by atoms with van der Waals surface area (Å²) in [6.07, 6.45) is 4.91. The molecule has 1 aliphatic carbocycles. The van der Waals surface area contributed by atoms with Crippen LogP contribution in [0.2, 0.25) is 0 Å². The number of thioether (sulfide) groups is 1. The third-order valence-corrected chi connectivity index (χ3v) is 5.52. The number of rotatable bonds is 5. The van der Waals surface area contributed by atoms with E-state index in [-0.39, 0.29) is 10.8 Å². The van der Waals surface area contributed by atoms with Crippen molar-refractivity contribution in [3.8, 4) is 0 Å². The van der Waals surface area contributed by atoms with Gasteiger partial charge in [0.05, 0.1) is 10.6 Å². The zero-order chi connectivity index (χ0) is 14.6. The molecule has 0 aromatic heterocycles. The number of hydrogen-bond acceptors (Lipinski definition) is 4. The molecule has 1 fully saturated rings. The van der Waals surface area contributed by atoms with Crippen molar-refractivity contribution in [3.63, 3.8) is 0 Å². The maximum Gasteiger partial charge on any atom is 0.238 e. The fourth-order valence-corrected chi connectivity index (χ4v) is 3.81. The average molecular weight is 314 g/mol. The van der Waals surface area contributed by atoms with Crippen molar-refractivity contribution >= 4 is 33.4 Å². The smallest absolute Gasteiger partial charge is 0.238 e. The Balaban J connectivity index is 1.84. The van der Waals surface area contributed by atoms with Crippen LogP contribution < -0.4 is 10.5 Å². The van der Waals surface area contributed by atoms with E-state index in [1.165, 1.54) is 49.9 Å². The topological polar surface area (TPSA) is 89.3 Å². The summed E-state index contributed by atoms with van der Waals surface area (Å²) >= 11 is 1.69. The number of sulfonamides is 1. The van der Waals surface area contributed by atoms with E-state index < -0.39 is 10.0 Å². The van der Waals surface area contributed by atoms with Gasteiger partial charge in [-0.3, -0.25) is 4.79 Å². The van der Waals surface area contributed by atoms with E-state index in [1.807, 2.05) is 0 Å². The van der Waals surface area contributed by atoms with Crippen molar-refractivity contribution in [2.24, 2.45) is 5.14 Å². The van der Waals surface area contributed by atoms with Crippen molar-refractivity contribution in [3.05, 3.63) is 24.3 Å². The van der Waals surface area contributed by atoms with Gasteiger partial charge in [-0.25, -0.2) is 13.6 Å². The highest BCUT2D eigenvalue weighted by atomic mass is 32.2. The third-order valence-electron chi connectivity index (χ3n) is 3.22. The zero-order valence-corrected chi connectivity index (χ0v) is 12.7. The van der Waals surface area contributed by atoms with Crippen LogP contribution in [0.25, 0.3) is 0 Å². The lowest BCUT2D eigenvalue weighted by Gasteiger charge is -2.09. The summed E-state index contributed by atoms with van der Waals surface area (Å²) in [5.41, 5.74) is 0.578. The summed E-state index contributed by atoms with van der Waals surface area (Å²) in [6.45, 7) is 0. The molecule has 110 valence electrons. The van der Waals surface area contributed by atoms with Gasteiger partial charge in [-0.1, -0.05) is 12.8 Å². The molecule has 0 spiro atoms. The third kappa shape index (κ3) is 4.50. The number of hydrogen-bond donors (Lipinski definition) is 2. The highest BCUT2D eigenvalue weighted by Crippen LogP contribution is 2.29. The number of benzene rings is 1. The summed E-state index contributed by atoms with van der Waals surface area (Å²) in [7, 11) is -3.69. The minimum Gasteiger partial charge on any atom is -0.325 e. The van der Waals surface area contributed by atoms with E-state index in [4.69, 9.17) is 5.14 Å². The normalized spacial score (nSPS) is 16.2. The van der Waals surface area contributed by atoms with Crippen molar-refractivity contribution in [2.75, 3.05) is 11.1 Å². The number of nitrogens with two attached hydrogens (primary N) is 1. The first-order chi connectivity index (χ1) is 9.45. The molecule has 0 radical (unpaired) electrons. The molecule has 20 heavy (non-hydrogen) atoms. The SMILES string of the molecule is NS(=O)(=O)c1ccc(NC(=O)CSC2CCCC2)cc1. The molecule has 5 nitrogen and oxygen atoms in total. The summed E-state index contributed by atoms with van der Waals surface area (Å²) in [4.78, 5) is 11.8. The predicted molar refractivity (Wildman–Crippen MR) is 81.2 cm³/mol. The lowest BCUT2D eigenvalue weighted by molar-refractivity contribution is -0.113. The Bertz CT molecular complexity index is 564. The quantitative estimate of drug-likeness (QED) is 0.869. The lowest BCUT2D eigenvalue weighted by atomic mass is 10.3. The molecular formula is C13H18N2O3S2. The van der Waals surface area contributed by atoms with Crippen molar-refractivity contribution in [2.45, 2.75) is 35.8 Å². The number of primary sulfonamides is 1. The highest BCUT2D eigenvalue weighted by molar-refractivity contribution is 8.00. The first-order valence-electron chi connectivity index (χ1n) is 6.49. The second kappa shape index (κ2) is 6.60. The average Bonchev–Trinajstić information content (AvgIpc) is 2.89. The van der Waals surface area contributed by atoms with Gasteiger partial charge in [0.2, 0.25) is 15.9 Å². The number of anilines is 1. The van der Waals surface area contributed by atoms with Crippen LogP contribution in [-0.2, 0) is 14.8 Å². The van der Waals surface area contributed by atoms with Gasteiger partial charge in [0.25, 0.3) is 0 Å². The molecule has 0 aliphatic heterocycles. The van der Waals surface area contributed by atoms with Gasteiger partial charge in [-0.15, -0.1) is 11.8 Å². The van der Waals surface area contributed by atoms with Gasteiger partial charge >= 0.3 is 0 Å². The summed E-state index contributed by atoms with van der Waals surface area (Å²) in [5, 5.41) is 8.36. The number of carbonyl (C=O) groups is 1. The van der Waals surface area contributed by atoms with E-state index in [0.717, 1.165) is 0 Å². The Morgan fingerprint density at radius 1 is 1.25 bits per heavy atom. The van der Waals surface area contributed by atoms with Gasteiger partial charge < -0.3 is 5.32 Å². The van der Waals surface area contributed by atoms with Crippen LogP contribution in [0, 0.1) is 0 Å². The largest absolute Gasteiger partial charge is 0.325 e. The maximum atomic E-state index is 11.8. The van der Waals surface area contributed by atoms with Crippen LogP contribution >= 0.6 is 11.8 Å². The van der Waals surface area contributed by atoms with Crippen molar-refractivity contribution < 1.29 is 13.2 Å². The maximum absolute atomic E-state index is 11.8. The standard InChI is InChI=1S/C13H18N2O3S2/c14-20(17,18)12-7-5-10(6-8-12)15-13(16)9-19-11-3-1-2-4-11/h5-8,11H,1-4,9H2,(H,15,16)(H2,14,17,18). The number of carbonyl (C=O) groups excluding carboxylic acids is 1. The fourth-order valence-electron chi connectivity index (χ4n) is 2.17. The first kappa shape index (κ1) is 15.3. The monoisotopic (exact) mass is 314 g/mol. The number of nitrogens with one attached hydrogen (secondary N) is 1. The highest BCUT2D eigenvalue weighted by Gasteiger charge is 2.16. The molecule has 1 aromatic carbocycles. The summed E-state index contributed by atoms with van der Waals surface area (Å²) < 4.78 is 22.2. The Kier molecular flexibility index (Phi) is 5.06. The molecule has 1 amide bonds. The molecule has 3 N–H and O–H groups in total. The minimum absolute atomic E-state index is 0.0378. The molecule has 1 saturated carbocycles. The predicted octanol–water partition coefficient (Wildman–Crippen LogP) is 1.95. The van der Waals surface area contributed by atoms with Crippen LogP contribution in [0.1, 0.15) is 25.7 Å². The van der Waals surface area contributed by atoms with Crippen molar-refractivity contribution in [1.82, 2.24) is 0 Å². The molecular weight excluding hydrogens is 296 g/mol.